The summed E-state index contributed by atoms with van der Waals surface area (Å²) in [5, 5.41) is 0. The molecule has 1 N–H and O–H groups in total. The molecule has 2 aromatic rings. The van der Waals surface area contributed by atoms with Crippen LogP contribution in [0, 0.1) is 0 Å². The van der Waals surface area contributed by atoms with Crippen LogP contribution in [0.15, 0.2) is 47.4 Å². The zero-order chi connectivity index (χ0) is 23.0. The second kappa shape index (κ2) is 8.43. The van der Waals surface area contributed by atoms with Gasteiger partial charge >= 0.3 is 0 Å². The maximum absolute atomic E-state index is 13.0. The van der Waals surface area contributed by atoms with Crippen LogP contribution in [0.1, 0.15) is 57.7 Å². The molecule has 1 fully saturated rings. The van der Waals surface area contributed by atoms with E-state index >= 15 is 0 Å². The van der Waals surface area contributed by atoms with Gasteiger partial charge in [-0.25, -0.2) is 18.0 Å². The van der Waals surface area contributed by atoms with Gasteiger partial charge in [-0.2, -0.15) is 0 Å². The molecule has 2 amide bonds. The predicted molar refractivity (Wildman–Crippen MR) is 119 cm³/mol. The number of carbonyl (C=O) groups is 2. The summed E-state index contributed by atoms with van der Waals surface area (Å²) in [5.41, 5.74) is 2.13. The van der Waals surface area contributed by atoms with Crippen molar-refractivity contribution in [2.45, 2.75) is 56.9 Å². The highest BCUT2D eigenvalue weighted by molar-refractivity contribution is 7.89. The molecule has 0 aliphatic carbocycles. The Labute approximate surface area is 183 Å². The Hall–Kier alpha value is -2.71. The van der Waals surface area contributed by atoms with Gasteiger partial charge in [-0.3, -0.25) is 9.59 Å². The number of amides is 2. The molecule has 0 aromatic heterocycles. The molecular weight excluding hydrogens is 416 g/mol. The first-order chi connectivity index (χ1) is 14.4. The number of hydrogen-bond acceptors (Lipinski definition) is 5. The van der Waals surface area contributed by atoms with Gasteiger partial charge in [-0.1, -0.05) is 45.0 Å². The Bertz CT molecular complexity index is 1090. The average molecular weight is 445 g/mol. The lowest BCUT2D eigenvalue weighted by molar-refractivity contribution is -0.121. The van der Waals surface area contributed by atoms with Gasteiger partial charge in [0.15, 0.2) is 0 Å². The minimum atomic E-state index is -3.91. The van der Waals surface area contributed by atoms with Crippen molar-refractivity contribution in [1.82, 2.24) is 4.72 Å². The van der Waals surface area contributed by atoms with Gasteiger partial charge in [0.25, 0.3) is 0 Å². The number of methoxy groups -OCH3 is 1. The van der Waals surface area contributed by atoms with E-state index in [1.165, 1.54) is 25.3 Å². The lowest BCUT2D eigenvalue weighted by Crippen LogP contribution is -2.30. The molecule has 7 nitrogen and oxygen atoms in total. The first kappa shape index (κ1) is 23.0. The lowest BCUT2D eigenvalue weighted by Gasteiger charge is -2.21. The fourth-order valence-corrected chi connectivity index (χ4v) is 4.75. The molecule has 0 spiro atoms. The van der Waals surface area contributed by atoms with E-state index in [1.54, 1.807) is 6.92 Å². The van der Waals surface area contributed by atoms with Crippen LogP contribution in [0.3, 0.4) is 0 Å². The van der Waals surface area contributed by atoms with Crippen molar-refractivity contribution in [2.75, 3.05) is 12.0 Å². The summed E-state index contributed by atoms with van der Waals surface area (Å²) in [6.45, 7) is 8.11. The summed E-state index contributed by atoms with van der Waals surface area (Å²) in [6, 6.07) is 11.5. The van der Waals surface area contributed by atoms with E-state index in [0.717, 1.165) is 16.0 Å². The van der Waals surface area contributed by atoms with Crippen LogP contribution in [0.5, 0.6) is 5.75 Å². The van der Waals surface area contributed by atoms with Crippen LogP contribution in [-0.4, -0.2) is 27.3 Å². The first-order valence-corrected chi connectivity index (χ1v) is 11.6. The van der Waals surface area contributed by atoms with Crippen LogP contribution < -0.4 is 14.4 Å². The van der Waals surface area contributed by atoms with Gasteiger partial charge < -0.3 is 4.74 Å². The molecule has 1 aliphatic rings. The number of ether oxygens (including phenoxy) is 1. The van der Waals surface area contributed by atoms with Gasteiger partial charge in [0.1, 0.15) is 5.75 Å². The summed E-state index contributed by atoms with van der Waals surface area (Å²) >= 11 is 0. The van der Waals surface area contributed by atoms with Crippen molar-refractivity contribution in [3.05, 3.63) is 53.6 Å². The second-order valence-electron chi connectivity index (χ2n) is 8.67. The Morgan fingerprint density at radius 3 is 2.10 bits per heavy atom. The third-order valence-corrected chi connectivity index (χ3v) is 6.90. The van der Waals surface area contributed by atoms with E-state index in [1.807, 2.05) is 24.3 Å². The molecule has 1 saturated heterocycles. The highest BCUT2D eigenvalue weighted by Crippen LogP contribution is 2.34. The Kier molecular flexibility index (Phi) is 6.25. The minimum Gasteiger partial charge on any atom is -0.495 e. The minimum absolute atomic E-state index is 0.00517. The van der Waals surface area contributed by atoms with Crippen molar-refractivity contribution in [3.63, 3.8) is 0 Å². The van der Waals surface area contributed by atoms with Crippen LogP contribution in [0.2, 0.25) is 0 Å². The molecular formula is C23H28N2O5S. The number of benzene rings is 2. The third kappa shape index (κ3) is 4.80. The van der Waals surface area contributed by atoms with E-state index in [4.69, 9.17) is 4.74 Å². The average Bonchev–Trinajstić information content (AvgIpc) is 3.04. The molecule has 1 aliphatic heterocycles. The number of sulfonamides is 1. The molecule has 2 aromatic carbocycles. The van der Waals surface area contributed by atoms with Gasteiger partial charge in [0.2, 0.25) is 21.8 Å². The molecule has 31 heavy (non-hydrogen) atoms. The normalized spacial score (nSPS) is 16.0. The van der Waals surface area contributed by atoms with Crippen molar-refractivity contribution in [1.29, 1.82) is 0 Å². The Morgan fingerprint density at radius 2 is 1.58 bits per heavy atom. The Balaban J connectivity index is 1.89. The SMILES string of the molecule is COc1ccc(S(=O)(=O)NC(C)c2ccc(C(C)(C)C)cc2)cc1N1C(=O)CCC1=O. The van der Waals surface area contributed by atoms with Gasteiger partial charge in [-0.05, 0) is 41.7 Å². The molecule has 1 unspecified atom stereocenters. The summed E-state index contributed by atoms with van der Waals surface area (Å²) in [4.78, 5) is 25.3. The van der Waals surface area contributed by atoms with E-state index in [2.05, 4.69) is 25.5 Å². The second-order valence-corrected chi connectivity index (χ2v) is 10.4. The maximum atomic E-state index is 13.0. The van der Waals surface area contributed by atoms with E-state index in [0.29, 0.717) is 0 Å². The van der Waals surface area contributed by atoms with Crippen molar-refractivity contribution >= 4 is 27.5 Å². The summed E-state index contributed by atoms with van der Waals surface area (Å²) in [5.74, 6) is -0.496. The van der Waals surface area contributed by atoms with Crippen LogP contribution >= 0.6 is 0 Å². The number of rotatable bonds is 6. The quantitative estimate of drug-likeness (QED) is 0.686. The zero-order valence-electron chi connectivity index (χ0n) is 18.4. The zero-order valence-corrected chi connectivity index (χ0v) is 19.2. The highest BCUT2D eigenvalue weighted by Gasteiger charge is 2.33. The Morgan fingerprint density at radius 1 is 1.00 bits per heavy atom. The van der Waals surface area contributed by atoms with Gasteiger partial charge in [0, 0.05) is 18.9 Å². The van der Waals surface area contributed by atoms with E-state index < -0.39 is 16.1 Å². The molecule has 0 saturated carbocycles. The number of carbonyl (C=O) groups excluding carboxylic acids is 2. The topological polar surface area (TPSA) is 92.8 Å². The van der Waals surface area contributed by atoms with E-state index in [9.17, 15) is 18.0 Å². The van der Waals surface area contributed by atoms with Crippen LogP contribution in [0.25, 0.3) is 0 Å². The first-order valence-electron chi connectivity index (χ1n) is 10.1. The molecule has 3 rings (SSSR count). The standard InChI is InChI=1S/C23H28N2O5S/c1-15(16-6-8-17(9-7-16)23(2,3)4)24-31(28,29)18-10-11-20(30-5)19(14-18)25-21(26)12-13-22(25)27/h6-11,14-15,24H,12-13H2,1-5H3. The van der Waals surface area contributed by atoms with Crippen molar-refractivity contribution in [3.8, 4) is 5.75 Å². The molecule has 1 heterocycles. The molecule has 0 radical (unpaired) electrons. The van der Waals surface area contributed by atoms with E-state index in [-0.39, 0.29) is 46.4 Å². The smallest absolute Gasteiger partial charge is 0.241 e. The van der Waals surface area contributed by atoms with Crippen molar-refractivity contribution < 1.29 is 22.7 Å². The predicted octanol–water partition coefficient (Wildman–Crippen LogP) is 3.69. The summed E-state index contributed by atoms with van der Waals surface area (Å²) in [6.07, 6.45) is 0.192. The lowest BCUT2D eigenvalue weighted by atomic mass is 9.86. The molecule has 166 valence electrons. The van der Waals surface area contributed by atoms with Gasteiger partial charge in [0.05, 0.1) is 17.7 Å². The number of hydrogen-bond donors (Lipinski definition) is 1. The fraction of sp³-hybridized carbons (Fsp3) is 0.391. The van der Waals surface area contributed by atoms with Gasteiger partial charge in [-0.15, -0.1) is 0 Å². The molecule has 8 heteroatoms. The highest BCUT2D eigenvalue weighted by atomic mass is 32.2. The summed E-state index contributed by atoms with van der Waals surface area (Å²) < 4.78 is 34.0. The molecule has 1 atom stereocenters. The number of imide groups is 1. The number of anilines is 1. The van der Waals surface area contributed by atoms with Crippen LogP contribution in [0.4, 0.5) is 5.69 Å². The van der Waals surface area contributed by atoms with Crippen molar-refractivity contribution in [2.24, 2.45) is 0 Å². The fourth-order valence-electron chi connectivity index (χ4n) is 3.50. The summed E-state index contributed by atoms with van der Waals surface area (Å²) in [7, 11) is -2.51. The maximum Gasteiger partial charge on any atom is 0.241 e. The number of nitrogens with one attached hydrogen (secondary N) is 1. The number of nitrogens with zero attached hydrogens (tertiary/aromatic N) is 1. The third-order valence-electron chi connectivity index (χ3n) is 5.36. The monoisotopic (exact) mass is 444 g/mol. The largest absolute Gasteiger partial charge is 0.495 e. The van der Waals surface area contributed by atoms with Crippen LogP contribution in [-0.2, 0) is 25.0 Å². The molecule has 0 bridgehead atoms.